The van der Waals surface area contributed by atoms with Crippen LogP contribution < -0.4 is 5.73 Å². The number of halogens is 3. The van der Waals surface area contributed by atoms with Crippen LogP contribution in [0.4, 0.5) is 13.2 Å². The topological polar surface area (TPSA) is 44.5 Å². The summed E-state index contributed by atoms with van der Waals surface area (Å²) in [6, 6.07) is 4.00. The van der Waals surface area contributed by atoms with Gasteiger partial charge in [0.15, 0.2) is 0 Å². The number of hydrogen-bond donors (Lipinski definition) is 1. The largest absolute Gasteiger partial charge is 0.491 e. The van der Waals surface area contributed by atoms with E-state index in [1.54, 1.807) is 6.08 Å². The van der Waals surface area contributed by atoms with Crippen LogP contribution in [0.25, 0.3) is 6.08 Å². The zero-order chi connectivity index (χ0) is 18.3. The van der Waals surface area contributed by atoms with Gasteiger partial charge in [0.2, 0.25) is 0 Å². The number of rotatable bonds is 3. The highest BCUT2D eigenvalue weighted by atomic mass is 19.4. The van der Waals surface area contributed by atoms with Gasteiger partial charge in [-0.1, -0.05) is 18.2 Å². The molecule has 7 heteroatoms. The van der Waals surface area contributed by atoms with E-state index in [0.717, 1.165) is 6.07 Å². The molecule has 132 valence electrons. The van der Waals surface area contributed by atoms with Gasteiger partial charge in [0.25, 0.3) is 0 Å². The Hall–Kier alpha value is -1.31. The van der Waals surface area contributed by atoms with Crippen LogP contribution in [0, 0.1) is 6.92 Å². The Morgan fingerprint density at radius 2 is 1.71 bits per heavy atom. The molecule has 0 spiro atoms. The van der Waals surface area contributed by atoms with Crippen LogP contribution in [0.5, 0.6) is 0 Å². The monoisotopic (exact) mass is 341 g/mol. The minimum atomic E-state index is -4.35. The maximum absolute atomic E-state index is 12.9. The number of hydrogen-bond acceptors (Lipinski definition) is 3. The normalized spacial score (nSPS) is 20.5. The molecule has 1 heterocycles. The van der Waals surface area contributed by atoms with Gasteiger partial charge in [-0.15, -0.1) is 0 Å². The first-order chi connectivity index (χ1) is 10.9. The van der Waals surface area contributed by atoms with Crippen molar-refractivity contribution in [3.8, 4) is 0 Å². The predicted octanol–water partition coefficient (Wildman–Crippen LogP) is 3.99. The summed E-state index contributed by atoms with van der Waals surface area (Å²) in [4.78, 5) is 0. The lowest BCUT2D eigenvalue weighted by atomic mass is 9.77. The van der Waals surface area contributed by atoms with Gasteiger partial charge in [0, 0.05) is 6.54 Å². The summed E-state index contributed by atoms with van der Waals surface area (Å²) in [5, 5.41) is 0. The Kier molecular flexibility index (Phi) is 4.92. The molecule has 1 aliphatic heterocycles. The van der Waals surface area contributed by atoms with Crippen LogP contribution in [-0.2, 0) is 15.5 Å². The quantitative estimate of drug-likeness (QED) is 0.846. The molecular weight excluding hydrogens is 318 g/mol. The average Bonchev–Trinajstić information content (AvgIpc) is 2.63. The Labute approximate surface area is 141 Å². The molecule has 3 nitrogen and oxygen atoms in total. The van der Waals surface area contributed by atoms with Gasteiger partial charge in [0.05, 0.1) is 16.8 Å². The maximum Gasteiger partial charge on any atom is 0.491 e. The zero-order valence-corrected chi connectivity index (χ0v) is 14.6. The first-order valence-electron chi connectivity index (χ1n) is 7.81. The predicted molar refractivity (Wildman–Crippen MR) is 89.3 cm³/mol. The van der Waals surface area contributed by atoms with Gasteiger partial charge in [-0.25, -0.2) is 0 Å². The van der Waals surface area contributed by atoms with Crippen molar-refractivity contribution in [2.75, 3.05) is 6.54 Å². The van der Waals surface area contributed by atoms with E-state index in [1.807, 2.05) is 27.7 Å². The molecule has 0 saturated carbocycles. The van der Waals surface area contributed by atoms with Crippen molar-refractivity contribution in [2.45, 2.75) is 52.0 Å². The Morgan fingerprint density at radius 1 is 1.17 bits per heavy atom. The Bertz CT molecular complexity index is 638. The molecule has 0 radical (unpaired) electrons. The fraction of sp³-hybridized carbons (Fsp3) is 0.529. The van der Waals surface area contributed by atoms with Gasteiger partial charge in [-0.3, -0.25) is 0 Å². The molecule has 2 rings (SSSR count). The summed E-state index contributed by atoms with van der Waals surface area (Å²) in [6.45, 7) is 9.37. The van der Waals surface area contributed by atoms with Crippen LogP contribution >= 0.6 is 0 Å². The van der Waals surface area contributed by atoms with Gasteiger partial charge in [0.1, 0.15) is 0 Å². The Balaban J connectivity index is 2.31. The molecule has 0 atom stereocenters. The number of aryl methyl sites for hydroxylation is 1. The number of alkyl halides is 3. The fourth-order valence-corrected chi connectivity index (χ4v) is 2.53. The first-order valence-corrected chi connectivity index (χ1v) is 7.81. The lowest BCUT2D eigenvalue weighted by Gasteiger charge is -2.32. The third kappa shape index (κ3) is 3.68. The summed E-state index contributed by atoms with van der Waals surface area (Å²) < 4.78 is 50.4. The molecule has 2 N–H and O–H groups in total. The lowest BCUT2D eigenvalue weighted by molar-refractivity contribution is -0.138. The molecule has 1 aromatic rings. The van der Waals surface area contributed by atoms with Crippen LogP contribution in [0.1, 0.15) is 44.4 Å². The van der Waals surface area contributed by atoms with Crippen LogP contribution in [0.15, 0.2) is 23.7 Å². The summed E-state index contributed by atoms with van der Waals surface area (Å²) in [5.74, 6) is 0. The van der Waals surface area contributed by atoms with E-state index < -0.39 is 30.1 Å². The van der Waals surface area contributed by atoms with Gasteiger partial charge < -0.3 is 15.0 Å². The molecule has 1 fully saturated rings. The maximum atomic E-state index is 12.9. The van der Waals surface area contributed by atoms with E-state index in [4.69, 9.17) is 15.0 Å². The van der Waals surface area contributed by atoms with E-state index in [9.17, 15) is 13.2 Å². The van der Waals surface area contributed by atoms with Gasteiger partial charge in [-0.05, 0) is 57.3 Å². The second-order valence-electron chi connectivity index (χ2n) is 7.08. The van der Waals surface area contributed by atoms with Crippen molar-refractivity contribution in [1.29, 1.82) is 0 Å². The summed E-state index contributed by atoms with van der Waals surface area (Å²) >= 11 is 0. The molecule has 0 aromatic heterocycles. The highest BCUT2D eigenvalue weighted by molar-refractivity contribution is 6.55. The van der Waals surface area contributed by atoms with E-state index in [1.165, 1.54) is 19.1 Å². The van der Waals surface area contributed by atoms with Crippen molar-refractivity contribution in [3.05, 3.63) is 40.4 Å². The smallest absolute Gasteiger partial charge is 0.400 e. The molecule has 0 amide bonds. The molecule has 0 unspecified atom stereocenters. The first kappa shape index (κ1) is 19.0. The molecule has 0 aliphatic carbocycles. The highest BCUT2D eigenvalue weighted by Crippen LogP contribution is 2.39. The molecule has 1 aliphatic rings. The zero-order valence-electron chi connectivity index (χ0n) is 14.6. The average molecular weight is 341 g/mol. The molecular formula is C17H23BF3NO2. The van der Waals surface area contributed by atoms with Crippen LogP contribution in [0.2, 0.25) is 0 Å². The lowest BCUT2D eigenvalue weighted by Crippen LogP contribution is -2.41. The third-order valence-corrected chi connectivity index (χ3v) is 4.70. The standard InChI is InChI=1S/C17H23BF3NO2/c1-11-8-12(6-7-14(11)17(19,20)21)9-13(10-22)18-23-15(2,3)16(4,5)24-18/h6-9H,10,22H2,1-5H3. The summed E-state index contributed by atoms with van der Waals surface area (Å²) in [7, 11) is -0.609. The second-order valence-corrected chi connectivity index (χ2v) is 7.08. The van der Waals surface area contributed by atoms with Crippen molar-refractivity contribution < 1.29 is 22.5 Å². The molecule has 0 bridgehead atoms. The van der Waals surface area contributed by atoms with E-state index in [0.29, 0.717) is 11.0 Å². The van der Waals surface area contributed by atoms with Crippen molar-refractivity contribution in [3.63, 3.8) is 0 Å². The van der Waals surface area contributed by atoms with Gasteiger partial charge >= 0.3 is 13.3 Å². The SMILES string of the molecule is Cc1cc(C=C(CN)B2OC(C)(C)C(C)(C)O2)ccc1C(F)(F)F. The van der Waals surface area contributed by atoms with E-state index in [-0.39, 0.29) is 12.1 Å². The van der Waals surface area contributed by atoms with Crippen molar-refractivity contribution >= 4 is 13.2 Å². The van der Waals surface area contributed by atoms with E-state index >= 15 is 0 Å². The number of benzene rings is 1. The Morgan fingerprint density at radius 3 is 2.12 bits per heavy atom. The highest BCUT2D eigenvalue weighted by Gasteiger charge is 2.52. The summed E-state index contributed by atoms with van der Waals surface area (Å²) in [6.07, 6.45) is -2.62. The van der Waals surface area contributed by atoms with Crippen molar-refractivity contribution in [1.82, 2.24) is 0 Å². The minimum Gasteiger partial charge on any atom is -0.400 e. The molecule has 1 aromatic carbocycles. The summed E-state index contributed by atoms with van der Waals surface area (Å²) in [5.41, 5.74) is 5.67. The fourth-order valence-electron chi connectivity index (χ4n) is 2.53. The van der Waals surface area contributed by atoms with Crippen LogP contribution in [0.3, 0.4) is 0 Å². The van der Waals surface area contributed by atoms with E-state index in [2.05, 4.69) is 0 Å². The third-order valence-electron chi connectivity index (χ3n) is 4.70. The van der Waals surface area contributed by atoms with Crippen LogP contribution in [-0.4, -0.2) is 24.9 Å². The molecule has 1 saturated heterocycles. The second kappa shape index (κ2) is 6.21. The van der Waals surface area contributed by atoms with Gasteiger partial charge in [-0.2, -0.15) is 13.2 Å². The number of nitrogens with two attached hydrogens (primary N) is 1. The minimum absolute atomic E-state index is 0.168. The van der Waals surface area contributed by atoms with Crippen molar-refractivity contribution in [2.24, 2.45) is 5.73 Å². The molecule has 24 heavy (non-hydrogen) atoms.